The zero-order valence-corrected chi connectivity index (χ0v) is 23.3. The molecule has 1 aromatic heterocycles. The van der Waals surface area contributed by atoms with Gasteiger partial charge in [0, 0.05) is 20.0 Å². The standard InChI is InChI=1S/C27H34BrNO9/c1-17(26(32)29-18(2)25(38-27(29)33)20-8-5-4-6-9-20)24(36-19(3)31)23-16-21(28)22(37-23)10-7-12-34-14-15-35-13-11-30/h4-6,8-9,16-18,24-25,30H,7,10-15H2,1-3H3/t17-,18-,24-,25-/m0/s1. The minimum Gasteiger partial charge on any atom is -0.461 e. The Morgan fingerprint density at radius 3 is 2.47 bits per heavy atom. The Labute approximate surface area is 230 Å². The molecule has 0 radical (unpaired) electrons. The molecule has 1 N–H and O–H groups in total. The summed E-state index contributed by atoms with van der Waals surface area (Å²) in [6, 6.07) is 10.3. The number of aliphatic hydroxyl groups excluding tert-OH is 1. The molecule has 11 heteroatoms. The minimum atomic E-state index is -1.04. The summed E-state index contributed by atoms with van der Waals surface area (Å²) >= 11 is 3.48. The molecular weight excluding hydrogens is 562 g/mol. The lowest BCUT2D eigenvalue weighted by Gasteiger charge is -2.26. The Morgan fingerprint density at radius 2 is 1.82 bits per heavy atom. The van der Waals surface area contributed by atoms with Gasteiger partial charge >= 0.3 is 12.1 Å². The Kier molecular flexibility index (Phi) is 11.3. The summed E-state index contributed by atoms with van der Waals surface area (Å²) in [6.45, 7) is 6.14. The fourth-order valence-corrected chi connectivity index (χ4v) is 4.74. The highest BCUT2D eigenvalue weighted by Gasteiger charge is 2.46. The van der Waals surface area contributed by atoms with Crippen molar-refractivity contribution in [2.24, 2.45) is 5.92 Å². The second kappa shape index (κ2) is 14.4. The van der Waals surface area contributed by atoms with Gasteiger partial charge in [0.2, 0.25) is 5.91 Å². The molecule has 38 heavy (non-hydrogen) atoms. The quantitative estimate of drug-likeness (QED) is 0.250. The zero-order chi connectivity index (χ0) is 27.7. The minimum absolute atomic E-state index is 0.0250. The summed E-state index contributed by atoms with van der Waals surface area (Å²) < 4.78 is 28.4. The van der Waals surface area contributed by atoms with E-state index in [1.807, 2.05) is 30.3 Å². The van der Waals surface area contributed by atoms with Crippen LogP contribution in [0.4, 0.5) is 4.79 Å². The van der Waals surface area contributed by atoms with E-state index in [0.717, 1.165) is 10.5 Å². The number of benzene rings is 1. The van der Waals surface area contributed by atoms with Crippen LogP contribution in [0.1, 0.15) is 56.5 Å². The first-order valence-corrected chi connectivity index (χ1v) is 13.3. The number of imide groups is 1. The van der Waals surface area contributed by atoms with Crippen LogP contribution in [0.2, 0.25) is 0 Å². The van der Waals surface area contributed by atoms with Gasteiger partial charge in [0.25, 0.3) is 0 Å². The van der Waals surface area contributed by atoms with Crippen LogP contribution in [0.3, 0.4) is 0 Å². The van der Waals surface area contributed by atoms with Gasteiger partial charge in [0.05, 0.1) is 42.9 Å². The molecule has 3 rings (SSSR count). The second-order valence-electron chi connectivity index (χ2n) is 8.95. The Hall–Kier alpha value is -2.73. The summed E-state index contributed by atoms with van der Waals surface area (Å²) in [5, 5.41) is 8.69. The van der Waals surface area contributed by atoms with Crippen LogP contribution in [0.15, 0.2) is 45.3 Å². The predicted molar refractivity (Wildman–Crippen MR) is 139 cm³/mol. The summed E-state index contributed by atoms with van der Waals surface area (Å²) in [5.74, 6) is -1.12. The highest BCUT2D eigenvalue weighted by molar-refractivity contribution is 9.10. The topological polar surface area (TPSA) is 125 Å². The molecule has 0 bridgehead atoms. The molecule has 1 saturated heterocycles. The van der Waals surface area contributed by atoms with Crippen LogP contribution in [-0.4, -0.2) is 67.1 Å². The molecule has 0 unspecified atom stereocenters. The number of carbonyl (C=O) groups is 3. The summed E-state index contributed by atoms with van der Waals surface area (Å²) in [6.07, 6.45) is -1.17. The van der Waals surface area contributed by atoms with Gasteiger partial charge in [-0.15, -0.1) is 0 Å². The van der Waals surface area contributed by atoms with E-state index in [1.54, 1.807) is 19.9 Å². The number of esters is 1. The number of aliphatic hydroxyl groups is 1. The van der Waals surface area contributed by atoms with Crippen molar-refractivity contribution >= 4 is 33.9 Å². The number of aryl methyl sites for hydroxylation is 1. The summed E-state index contributed by atoms with van der Waals surface area (Å²) in [7, 11) is 0. The first kappa shape index (κ1) is 29.8. The van der Waals surface area contributed by atoms with E-state index in [-0.39, 0.29) is 13.2 Å². The predicted octanol–water partition coefficient (Wildman–Crippen LogP) is 4.35. The normalized spacial score (nSPS) is 18.8. The van der Waals surface area contributed by atoms with Gasteiger partial charge in [-0.3, -0.25) is 9.59 Å². The summed E-state index contributed by atoms with van der Waals surface area (Å²) in [5.41, 5.74) is 0.786. The first-order chi connectivity index (χ1) is 18.2. The molecule has 1 aliphatic heterocycles. The van der Waals surface area contributed by atoms with Gasteiger partial charge in [-0.25, -0.2) is 9.69 Å². The number of nitrogens with zero attached hydrogens (tertiary/aromatic N) is 1. The molecule has 1 fully saturated rings. The lowest BCUT2D eigenvalue weighted by molar-refractivity contribution is -0.154. The molecule has 2 amide bonds. The Morgan fingerprint density at radius 1 is 1.13 bits per heavy atom. The molecule has 0 spiro atoms. The summed E-state index contributed by atoms with van der Waals surface area (Å²) in [4.78, 5) is 39.2. The third kappa shape index (κ3) is 7.66. The van der Waals surface area contributed by atoms with Gasteiger partial charge in [-0.2, -0.15) is 0 Å². The van der Waals surface area contributed by atoms with Crippen LogP contribution in [-0.2, 0) is 35.0 Å². The number of ether oxygens (including phenoxy) is 4. The number of amides is 2. The molecule has 0 saturated carbocycles. The average Bonchev–Trinajstić information content (AvgIpc) is 3.41. The lowest BCUT2D eigenvalue weighted by atomic mass is 9.98. The van der Waals surface area contributed by atoms with Crippen molar-refractivity contribution in [1.82, 2.24) is 4.90 Å². The van der Waals surface area contributed by atoms with Gasteiger partial charge in [-0.1, -0.05) is 30.3 Å². The number of halogens is 1. The molecule has 2 heterocycles. The van der Waals surface area contributed by atoms with Gasteiger partial charge in [-0.05, 0) is 47.8 Å². The van der Waals surface area contributed by atoms with E-state index in [1.165, 1.54) is 6.92 Å². The molecule has 0 aliphatic carbocycles. The highest BCUT2D eigenvalue weighted by Crippen LogP contribution is 2.37. The van der Waals surface area contributed by atoms with E-state index in [2.05, 4.69) is 15.9 Å². The lowest BCUT2D eigenvalue weighted by Crippen LogP contribution is -2.43. The second-order valence-corrected chi connectivity index (χ2v) is 9.81. The van der Waals surface area contributed by atoms with Crippen molar-refractivity contribution in [3.63, 3.8) is 0 Å². The smallest absolute Gasteiger partial charge is 0.417 e. The molecular formula is C27H34BrNO9. The maximum atomic E-state index is 13.5. The molecule has 1 aromatic carbocycles. The monoisotopic (exact) mass is 595 g/mol. The Bertz CT molecular complexity index is 1070. The van der Waals surface area contributed by atoms with E-state index in [9.17, 15) is 14.4 Å². The third-order valence-electron chi connectivity index (χ3n) is 6.13. The van der Waals surface area contributed by atoms with Crippen molar-refractivity contribution < 1.29 is 42.9 Å². The Balaban J connectivity index is 1.66. The maximum Gasteiger partial charge on any atom is 0.417 e. The number of furan rings is 1. The number of rotatable bonds is 14. The third-order valence-corrected chi connectivity index (χ3v) is 6.80. The van der Waals surface area contributed by atoms with Crippen LogP contribution in [0, 0.1) is 5.92 Å². The number of carbonyl (C=O) groups excluding carboxylic acids is 3. The van der Waals surface area contributed by atoms with Crippen LogP contribution in [0.5, 0.6) is 0 Å². The van der Waals surface area contributed by atoms with Crippen LogP contribution < -0.4 is 0 Å². The molecule has 10 nitrogen and oxygen atoms in total. The number of hydrogen-bond donors (Lipinski definition) is 1. The zero-order valence-electron chi connectivity index (χ0n) is 21.8. The van der Waals surface area contributed by atoms with Gasteiger partial charge in [0.1, 0.15) is 17.6 Å². The van der Waals surface area contributed by atoms with Gasteiger partial charge in [0.15, 0.2) is 6.10 Å². The average molecular weight is 596 g/mol. The van der Waals surface area contributed by atoms with Crippen molar-refractivity contribution in [2.45, 2.75) is 51.9 Å². The van der Waals surface area contributed by atoms with Gasteiger partial charge < -0.3 is 28.5 Å². The van der Waals surface area contributed by atoms with E-state index in [4.69, 9.17) is 28.5 Å². The molecule has 4 atom stereocenters. The largest absolute Gasteiger partial charge is 0.461 e. The van der Waals surface area contributed by atoms with Crippen molar-refractivity contribution in [3.8, 4) is 0 Å². The fourth-order valence-electron chi connectivity index (χ4n) is 4.24. The van der Waals surface area contributed by atoms with E-state index < -0.39 is 42.1 Å². The van der Waals surface area contributed by atoms with Crippen molar-refractivity contribution in [1.29, 1.82) is 0 Å². The number of cyclic esters (lactones) is 1. The van der Waals surface area contributed by atoms with Crippen LogP contribution >= 0.6 is 15.9 Å². The van der Waals surface area contributed by atoms with Crippen molar-refractivity contribution in [2.75, 3.05) is 33.0 Å². The van der Waals surface area contributed by atoms with E-state index >= 15 is 0 Å². The van der Waals surface area contributed by atoms with E-state index in [0.29, 0.717) is 48.7 Å². The highest BCUT2D eigenvalue weighted by atomic mass is 79.9. The maximum absolute atomic E-state index is 13.5. The van der Waals surface area contributed by atoms with Crippen LogP contribution in [0.25, 0.3) is 0 Å². The molecule has 1 aliphatic rings. The SMILES string of the molecule is CC(=O)O[C@H](c1cc(Br)c(CCCOCCOCCO)o1)[C@H](C)C(=O)N1C(=O)O[C@H](c2ccccc2)[C@@H]1C. The number of hydrogen-bond acceptors (Lipinski definition) is 9. The first-order valence-electron chi connectivity index (χ1n) is 12.5. The molecule has 208 valence electrons. The fraction of sp³-hybridized carbons (Fsp3) is 0.519. The van der Waals surface area contributed by atoms with Crippen molar-refractivity contribution in [3.05, 3.63) is 58.0 Å². The molecule has 2 aromatic rings.